The van der Waals surface area contributed by atoms with Crippen molar-refractivity contribution in [3.8, 4) is 0 Å². The van der Waals surface area contributed by atoms with Crippen LogP contribution in [0, 0.1) is 17.5 Å². The number of carbonyl (C=O) groups excluding carboxylic acids is 1. The van der Waals surface area contributed by atoms with Crippen LogP contribution in [0.25, 0.3) is 0 Å². The lowest BCUT2D eigenvalue weighted by Gasteiger charge is -2.16. The van der Waals surface area contributed by atoms with E-state index in [-0.39, 0.29) is 18.7 Å². The van der Waals surface area contributed by atoms with Gasteiger partial charge in [0.1, 0.15) is 0 Å². The predicted molar refractivity (Wildman–Crippen MR) is 52.9 cm³/mol. The summed E-state index contributed by atoms with van der Waals surface area (Å²) in [6.07, 6.45) is 0.0694. The van der Waals surface area contributed by atoms with E-state index in [2.05, 4.69) is 0 Å². The third kappa shape index (κ3) is 1.75. The van der Waals surface area contributed by atoms with Crippen LogP contribution in [-0.4, -0.2) is 17.8 Å². The first-order valence-electron chi connectivity index (χ1n) is 4.58. The van der Waals surface area contributed by atoms with Crippen LogP contribution in [0.15, 0.2) is 12.1 Å². The minimum Gasteiger partial charge on any atom is -0.308 e. The highest BCUT2D eigenvalue weighted by Gasteiger charge is 2.32. The number of hydrogen-bond donors (Lipinski definition) is 0. The summed E-state index contributed by atoms with van der Waals surface area (Å²) >= 11 is 5.72. The van der Waals surface area contributed by atoms with Crippen molar-refractivity contribution in [2.45, 2.75) is 11.8 Å². The number of anilines is 1. The van der Waals surface area contributed by atoms with Gasteiger partial charge < -0.3 is 4.90 Å². The van der Waals surface area contributed by atoms with Gasteiger partial charge in [0.05, 0.1) is 11.1 Å². The summed E-state index contributed by atoms with van der Waals surface area (Å²) in [6.45, 7) is 0.0996. The van der Waals surface area contributed by atoms with E-state index >= 15 is 0 Å². The maximum Gasteiger partial charge on any atom is 0.228 e. The van der Waals surface area contributed by atoms with Crippen molar-refractivity contribution in [3.63, 3.8) is 0 Å². The van der Waals surface area contributed by atoms with Crippen molar-refractivity contribution >= 4 is 23.2 Å². The molecule has 1 aliphatic heterocycles. The Bertz CT molecular complexity index is 452. The molecule has 1 amide bonds. The van der Waals surface area contributed by atoms with Gasteiger partial charge in [0.15, 0.2) is 17.5 Å². The van der Waals surface area contributed by atoms with Crippen LogP contribution in [-0.2, 0) is 4.79 Å². The summed E-state index contributed by atoms with van der Waals surface area (Å²) in [4.78, 5) is 12.4. The molecular weight excluding hydrogens is 243 g/mol. The van der Waals surface area contributed by atoms with Crippen LogP contribution < -0.4 is 4.90 Å². The van der Waals surface area contributed by atoms with E-state index in [1.807, 2.05) is 0 Å². The van der Waals surface area contributed by atoms with Crippen LogP contribution in [0.1, 0.15) is 6.42 Å². The van der Waals surface area contributed by atoms with Crippen molar-refractivity contribution in [3.05, 3.63) is 29.6 Å². The lowest BCUT2D eigenvalue weighted by atomic mass is 10.2. The van der Waals surface area contributed by atoms with Gasteiger partial charge >= 0.3 is 0 Å². The second-order valence-corrected chi connectivity index (χ2v) is 4.12. The number of carbonyl (C=O) groups is 1. The summed E-state index contributed by atoms with van der Waals surface area (Å²) in [5.74, 6) is -4.62. The van der Waals surface area contributed by atoms with Gasteiger partial charge in [0, 0.05) is 13.0 Å². The molecule has 1 heterocycles. The monoisotopic (exact) mass is 249 g/mol. The quantitative estimate of drug-likeness (QED) is 0.553. The predicted octanol–water partition coefficient (Wildman–Crippen LogP) is 2.45. The highest BCUT2D eigenvalue weighted by molar-refractivity contribution is 6.24. The molecule has 1 atom stereocenters. The number of nitrogens with zero attached hydrogens (tertiary/aromatic N) is 1. The first-order valence-corrected chi connectivity index (χ1v) is 5.02. The fraction of sp³-hybridized carbons (Fsp3) is 0.300. The standard InChI is InChI=1S/C10H7ClF3NO/c11-5-3-8(16)15(4-5)7-2-1-6(12)9(13)10(7)14/h1-2,5H,3-4H2. The van der Waals surface area contributed by atoms with E-state index in [4.69, 9.17) is 11.6 Å². The van der Waals surface area contributed by atoms with Gasteiger partial charge in [-0.25, -0.2) is 13.2 Å². The molecule has 1 aromatic carbocycles. The van der Waals surface area contributed by atoms with Crippen molar-refractivity contribution in [1.82, 2.24) is 0 Å². The van der Waals surface area contributed by atoms with E-state index < -0.39 is 28.7 Å². The summed E-state index contributed by atoms with van der Waals surface area (Å²) < 4.78 is 39.0. The molecule has 86 valence electrons. The highest BCUT2D eigenvalue weighted by Crippen LogP contribution is 2.28. The van der Waals surface area contributed by atoms with Gasteiger partial charge in [-0.2, -0.15) is 0 Å². The third-order valence-corrected chi connectivity index (χ3v) is 2.68. The average Bonchev–Trinajstić information content (AvgIpc) is 2.55. The normalized spacial score (nSPS) is 20.6. The summed E-state index contributed by atoms with van der Waals surface area (Å²) in [5, 5.41) is -0.431. The molecule has 1 saturated heterocycles. The molecule has 0 spiro atoms. The molecule has 16 heavy (non-hydrogen) atoms. The van der Waals surface area contributed by atoms with Crippen LogP contribution in [0.2, 0.25) is 0 Å². The van der Waals surface area contributed by atoms with Crippen LogP contribution in [0.3, 0.4) is 0 Å². The smallest absolute Gasteiger partial charge is 0.228 e. The van der Waals surface area contributed by atoms with Crippen LogP contribution in [0.5, 0.6) is 0 Å². The van der Waals surface area contributed by atoms with Crippen LogP contribution >= 0.6 is 11.6 Å². The molecule has 0 aromatic heterocycles. The molecule has 1 fully saturated rings. The number of hydrogen-bond acceptors (Lipinski definition) is 1. The van der Waals surface area contributed by atoms with Gasteiger partial charge in [-0.3, -0.25) is 4.79 Å². The van der Waals surface area contributed by atoms with Crippen molar-refractivity contribution in [1.29, 1.82) is 0 Å². The maximum absolute atomic E-state index is 13.4. The molecule has 0 bridgehead atoms. The number of amides is 1. The molecule has 2 nitrogen and oxygen atoms in total. The van der Waals surface area contributed by atoms with Gasteiger partial charge in [-0.1, -0.05) is 0 Å². The molecule has 1 aromatic rings. The average molecular weight is 250 g/mol. The molecule has 0 saturated carbocycles. The number of benzene rings is 1. The molecule has 2 rings (SSSR count). The number of halogens is 4. The van der Waals surface area contributed by atoms with Crippen LogP contribution in [0.4, 0.5) is 18.9 Å². The molecule has 0 N–H and O–H groups in total. The Morgan fingerprint density at radius 3 is 2.50 bits per heavy atom. The zero-order valence-electron chi connectivity index (χ0n) is 8.01. The number of alkyl halides is 1. The first-order chi connectivity index (χ1) is 7.50. The van der Waals surface area contributed by atoms with E-state index in [0.29, 0.717) is 0 Å². The second kappa shape index (κ2) is 3.97. The third-order valence-electron chi connectivity index (χ3n) is 2.38. The molecule has 0 aliphatic carbocycles. The van der Waals surface area contributed by atoms with Crippen molar-refractivity contribution in [2.24, 2.45) is 0 Å². The largest absolute Gasteiger partial charge is 0.308 e. The Balaban J connectivity index is 2.42. The molecule has 6 heteroatoms. The van der Waals surface area contributed by atoms with Crippen molar-refractivity contribution < 1.29 is 18.0 Å². The zero-order chi connectivity index (χ0) is 11.9. The lowest BCUT2D eigenvalue weighted by molar-refractivity contribution is -0.117. The van der Waals surface area contributed by atoms with E-state index in [1.165, 1.54) is 0 Å². The van der Waals surface area contributed by atoms with E-state index in [0.717, 1.165) is 17.0 Å². The van der Waals surface area contributed by atoms with Gasteiger partial charge in [0.25, 0.3) is 0 Å². The van der Waals surface area contributed by atoms with Gasteiger partial charge in [-0.15, -0.1) is 11.6 Å². The highest BCUT2D eigenvalue weighted by atomic mass is 35.5. The lowest BCUT2D eigenvalue weighted by Crippen LogP contribution is -2.26. The maximum atomic E-state index is 13.4. The minimum absolute atomic E-state index is 0.0694. The minimum atomic E-state index is -1.58. The molecule has 0 radical (unpaired) electrons. The number of rotatable bonds is 1. The Morgan fingerprint density at radius 2 is 1.94 bits per heavy atom. The van der Waals surface area contributed by atoms with Crippen molar-refractivity contribution in [2.75, 3.05) is 11.4 Å². The molecular formula is C10H7ClF3NO. The molecule has 1 aliphatic rings. The zero-order valence-corrected chi connectivity index (χ0v) is 8.77. The Kier molecular flexibility index (Phi) is 2.80. The topological polar surface area (TPSA) is 20.3 Å². The summed E-state index contributed by atoms with van der Waals surface area (Å²) in [6, 6.07) is 1.81. The Morgan fingerprint density at radius 1 is 1.25 bits per heavy atom. The Hall–Kier alpha value is -1.23. The van der Waals surface area contributed by atoms with E-state index in [1.54, 1.807) is 0 Å². The fourth-order valence-electron chi connectivity index (χ4n) is 1.62. The SMILES string of the molecule is O=C1CC(Cl)CN1c1ccc(F)c(F)c1F. The summed E-state index contributed by atoms with van der Waals surface area (Å²) in [7, 11) is 0. The fourth-order valence-corrected chi connectivity index (χ4v) is 1.89. The Labute approximate surface area is 94.6 Å². The van der Waals surface area contributed by atoms with Gasteiger partial charge in [0.2, 0.25) is 5.91 Å². The van der Waals surface area contributed by atoms with Gasteiger partial charge in [-0.05, 0) is 12.1 Å². The van der Waals surface area contributed by atoms with E-state index in [9.17, 15) is 18.0 Å². The first kappa shape index (κ1) is 11.3. The summed E-state index contributed by atoms with van der Waals surface area (Å²) in [5.41, 5.74) is -0.271. The second-order valence-electron chi connectivity index (χ2n) is 3.50. The molecule has 1 unspecified atom stereocenters.